The highest BCUT2D eigenvalue weighted by molar-refractivity contribution is 6.33. The number of carbonyl (C=O) groups excluding carboxylic acids is 1. The summed E-state index contributed by atoms with van der Waals surface area (Å²) in [6.45, 7) is 1.16. The molecule has 1 atom stereocenters. The Morgan fingerprint density at radius 1 is 1.60 bits per heavy atom. The van der Waals surface area contributed by atoms with Gasteiger partial charge in [0.25, 0.3) is 11.6 Å². The van der Waals surface area contributed by atoms with Gasteiger partial charge in [-0.25, -0.2) is 0 Å². The maximum absolute atomic E-state index is 12.4. The van der Waals surface area contributed by atoms with Crippen LogP contribution in [0.2, 0.25) is 5.02 Å². The van der Waals surface area contributed by atoms with Gasteiger partial charge in [-0.2, -0.15) is 0 Å². The van der Waals surface area contributed by atoms with Crippen LogP contribution in [-0.4, -0.2) is 42.0 Å². The van der Waals surface area contributed by atoms with E-state index in [2.05, 4.69) is 0 Å². The second kappa shape index (κ2) is 6.19. The number of likely N-dealkylation sites (tertiary alicyclic amines) is 1. The molecule has 0 spiro atoms. The maximum atomic E-state index is 12.4. The molecule has 7 heteroatoms. The number of hydrogen-bond acceptors (Lipinski definition) is 4. The smallest absolute Gasteiger partial charge is 0.287 e. The van der Waals surface area contributed by atoms with Gasteiger partial charge in [-0.05, 0) is 25.0 Å². The number of rotatable bonds is 4. The van der Waals surface area contributed by atoms with Crippen molar-refractivity contribution >= 4 is 23.2 Å². The number of nitro groups is 1. The Bertz CT molecular complexity index is 535. The molecule has 0 aromatic heterocycles. The van der Waals surface area contributed by atoms with Crippen molar-refractivity contribution in [1.82, 2.24) is 4.90 Å². The van der Waals surface area contributed by atoms with Crippen LogP contribution in [0.15, 0.2) is 18.2 Å². The Morgan fingerprint density at radius 3 is 2.95 bits per heavy atom. The van der Waals surface area contributed by atoms with E-state index >= 15 is 0 Å². The van der Waals surface area contributed by atoms with Gasteiger partial charge in [-0.1, -0.05) is 11.6 Å². The van der Waals surface area contributed by atoms with Gasteiger partial charge >= 0.3 is 0 Å². The SMILES string of the molecule is COC[C@H]1CCCN1C(=O)c1ccc([N+](=O)[O-])c(Cl)c1. The molecular weight excluding hydrogens is 284 g/mol. The minimum absolute atomic E-state index is 0.0247. The van der Waals surface area contributed by atoms with Crippen LogP contribution in [0, 0.1) is 10.1 Å². The van der Waals surface area contributed by atoms with Gasteiger partial charge in [-0.3, -0.25) is 14.9 Å². The summed E-state index contributed by atoms with van der Waals surface area (Å²) in [6, 6.07) is 4.11. The zero-order chi connectivity index (χ0) is 14.7. The zero-order valence-corrected chi connectivity index (χ0v) is 11.8. The number of benzene rings is 1. The summed E-state index contributed by atoms with van der Waals surface area (Å²) in [6.07, 6.45) is 1.83. The van der Waals surface area contributed by atoms with Crippen LogP contribution in [0.25, 0.3) is 0 Å². The van der Waals surface area contributed by atoms with E-state index in [1.54, 1.807) is 12.0 Å². The number of ether oxygens (including phenoxy) is 1. The number of nitro benzene ring substituents is 1. The molecule has 1 fully saturated rings. The topological polar surface area (TPSA) is 72.7 Å². The second-order valence-electron chi connectivity index (χ2n) is 4.67. The maximum Gasteiger partial charge on any atom is 0.287 e. The average Bonchev–Trinajstić information content (AvgIpc) is 2.86. The van der Waals surface area contributed by atoms with Crippen molar-refractivity contribution < 1.29 is 14.5 Å². The highest BCUT2D eigenvalue weighted by Crippen LogP contribution is 2.27. The molecule has 1 heterocycles. The van der Waals surface area contributed by atoms with Gasteiger partial charge in [0.1, 0.15) is 5.02 Å². The van der Waals surface area contributed by atoms with E-state index in [9.17, 15) is 14.9 Å². The van der Waals surface area contributed by atoms with Gasteiger partial charge in [0, 0.05) is 25.3 Å². The van der Waals surface area contributed by atoms with Crippen molar-refractivity contribution in [2.75, 3.05) is 20.3 Å². The summed E-state index contributed by atoms with van der Waals surface area (Å²) in [5.74, 6) is -0.165. The van der Waals surface area contributed by atoms with Crippen molar-refractivity contribution in [1.29, 1.82) is 0 Å². The molecule has 108 valence electrons. The Balaban J connectivity index is 2.21. The fraction of sp³-hybridized carbons (Fsp3) is 0.462. The molecule has 1 aromatic carbocycles. The largest absolute Gasteiger partial charge is 0.383 e. The lowest BCUT2D eigenvalue weighted by atomic mass is 10.1. The summed E-state index contributed by atoms with van der Waals surface area (Å²) in [4.78, 5) is 24.3. The summed E-state index contributed by atoms with van der Waals surface area (Å²) < 4.78 is 5.11. The van der Waals surface area contributed by atoms with E-state index in [1.165, 1.54) is 18.2 Å². The van der Waals surface area contributed by atoms with Crippen LogP contribution >= 0.6 is 11.6 Å². The molecule has 0 unspecified atom stereocenters. The number of amides is 1. The predicted molar refractivity (Wildman–Crippen MR) is 74.0 cm³/mol. The lowest BCUT2D eigenvalue weighted by Gasteiger charge is -2.24. The molecule has 0 aliphatic carbocycles. The average molecular weight is 299 g/mol. The third kappa shape index (κ3) is 2.91. The van der Waals surface area contributed by atoms with Gasteiger partial charge in [-0.15, -0.1) is 0 Å². The minimum atomic E-state index is -0.569. The molecule has 0 saturated carbocycles. The molecule has 1 aromatic rings. The highest BCUT2D eigenvalue weighted by Gasteiger charge is 2.29. The summed E-state index contributed by atoms with van der Waals surface area (Å²) >= 11 is 5.84. The van der Waals surface area contributed by atoms with Crippen molar-refractivity contribution in [2.24, 2.45) is 0 Å². The van der Waals surface area contributed by atoms with Crippen LogP contribution in [0.4, 0.5) is 5.69 Å². The molecule has 0 N–H and O–H groups in total. The monoisotopic (exact) mass is 298 g/mol. The van der Waals surface area contributed by atoms with Crippen molar-refractivity contribution in [3.63, 3.8) is 0 Å². The Kier molecular flexibility index (Phi) is 4.57. The Labute approximate surface area is 121 Å². The number of carbonyl (C=O) groups is 1. The number of methoxy groups -OCH3 is 1. The lowest BCUT2D eigenvalue weighted by molar-refractivity contribution is -0.384. The van der Waals surface area contributed by atoms with E-state index < -0.39 is 4.92 Å². The lowest BCUT2D eigenvalue weighted by Crippen LogP contribution is -2.38. The normalized spacial score (nSPS) is 18.3. The predicted octanol–water partition coefficient (Wildman–Crippen LogP) is 2.50. The van der Waals surface area contributed by atoms with Crippen LogP contribution in [0.3, 0.4) is 0 Å². The number of halogens is 1. The first-order valence-corrected chi connectivity index (χ1v) is 6.66. The van der Waals surface area contributed by atoms with Crippen LogP contribution in [0.1, 0.15) is 23.2 Å². The third-order valence-corrected chi connectivity index (χ3v) is 3.69. The van der Waals surface area contributed by atoms with Crippen molar-refractivity contribution in [3.05, 3.63) is 38.9 Å². The fourth-order valence-electron chi connectivity index (χ4n) is 2.42. The van der Waals surface area contributed by atoms with E-state index in [-0.39, 0.29) is 22.7 Å². The minimum Gasteiger partial charge on any atom is -0.383 e. The molecule has 1 saturated heterocycles. The van der Waals surface area contributed by atoms with Gasteiger partial charge in [0.05, 0.1) is 17.6 Å². The molecule has 1 aliphatic rings. The van der Waals surface area contributed by atoms with Gasteiger partial charge in [0.15, 0.2) is 0 Å². The van der Waals surface area contributed by atoms with E-state index in [0.29, 0.717) is 18.7 Å². The Hall–Kier alpha value is -1.66. The molecule has 2 rings (SSSR count). The molecule has 0 radical (unpaired) electrons. The van der Waals surface area contributed by atoms with Crippen LogP contribution in [0.5, 0.6) is 0 Å². The molecular formula is C13H15ClN2O4. The molecule has 1 amide bonds. The molecule has 0 bridgehead atoms. The fourth-order valence-corrected chi connectivity index (χ4v) is 2.67. The number of nitrogens with zero attached hydrogens (tertiary/aromatic N) is 2. The Morgan fingerprint density at radius 2 is 2.35 bits per heavy atom. The van der Waals surface area contributed by atoms with Crippen LogP contribution in [-0.2, 0) is 4.74 Å². The van der Waals surface area contributed by atoms with E-state index in [4.69, 9.17) is 16.3 Å². The first-order valence-electron chi connectivity index (χ1n) is 6.28. The third-order valence-electron chi connectivity index (χ3n) is 3.39. The van der Waals surface area contributed by atoms with Crippen LogP contribution < -0.4 is 0 Å². The molecule has 6 nitrogen and oxygen atoms in total. The van der Waals surface area contributed by atoms with Gasteiger partial charge < -0.3 is 9.64 Å². The zero-order valence-electron chi connectivity index (χ0n) is 11.0. The molecule has 20 heavy (non-hydrogen) atoms. The first kappa shape index (κ1) is 14.7. The quantitative estimate of drug-likeness (QED) is 0.632. The summed E-state index contributed by atoms with van der Waals surface area (Å²) in [7, 11) is 1.60. The molecule has 1 aliphatic heterocycles. The van der Waals surface area contributed by atoms with Crippen molar-refractivity contribution in [3.8, 4) is 0 Å². The summed E-state index contributed by atoms with van der Waals surface area (Å²) in [5.41, 5.74) is 0.168. The van der Waals surface area contributed by atoms with Gasteiger partial charge in [0.2, 0.25) is 0 Å². The standard InChI is InChI=1S/C13H15ClN2O4/c1-20-8-10-3-2-6-15(10)13(17)9-4-5-12(16(18)19)11(14)7-9/h4-5,7,10H,2-3,6,8H2,1H3/t10-/m1/s1. The highest BCUT2D eigenvalue weighted by atomic mass is 35.5. The van der Waals surface area contributed by atoms with E-state index in [0.717, 1.165) is 12.8 Å². The first-order chi connectivity index (χ1) is 9.54. The van der Waals surface area contributed by atoms with E-state index in [1.807, 2.05) is 0 Å². The summed E-state index contributed by atoms with van der Waals surface area (Å²) in [5, 5.41) is 10.7. The van der Waals surface area contributed by atoms with Crippen molar-refractivity contribution in [2.45, 2.75) is 18.9 Å². The number of hydrogen-bond donors (Lipinski definition) is 0. The second-order valence-corrected chi connectivity index (χ2v) is 5.08.